The molecule has 1 unspecified atom stereocenters. The third-order valence-corrected chi connectivity index (χ3v) is 0.681. The van der Waals surface area contributed by atoms with Gasteiger partial charge in [0.15, 0.2) is 0 Å². The normalized spacial score (nSPS) is 8.17. The molecule has 0 saturated carbocycles. The fourth-order valence-corrected chi connectivity index (χ4v) is 0.216. The first-order chi connectivity index (χ1) is 2.77. The lowest BCUT2D eigenvalue weighted by Gasteiger charge is -1.69. The van der Waals surface area contributed by atoms with E-state index in [9.17, 15) is 9.36 Å². The first kappa shape index (κ1) is 5.57. The standard InChI is InChI=1S/C2H4NO2P/c1-2(4)3-6-5/h1H3,(H,3,4,5)/p+1. The number of hydrogen-bond acceptors (Lipinski definition) is 2. The van der Waals surface area contributed by atoms with Crippen molar-refractivity contribution in [2.24, 2.45) is 0 Å². The monoisotopic (exact) mass is 106 g/mol. The maximum Gasteiger partial charge on any atom is 0.448 e. The van der Waals surface area contributed by atoms with Crippen molar-refractivity contribution in [2.75, 3.05) is 0 Å². The molecule has 0 rings (SSSR count). The van der Waals surface area contributed by atoms with Crippen LogP contribution in [0.5, 0.6) is 0 Å². The number of nitrogens with one attached hydrogen (secondary N) is 1. The lowest BCUT2D eigenvalue weighted by molar-refractivity contribution is -0.117. The predicted molar refractivity (Wildman–Crippen MR) is 22.8 cm³/mol. The molecule has 0 aliphatic carbocycles. The fourth-order valence-electron chi connectivity index (χ4n) is 0.0719. The zero-order chi connectivity index (χ0) is 4.99. The van der Waals surface area contributed by atoms with Gasteiger partial charge in [-0.2, -0.15) is 0 Å². The van der Waals surface area contributed by atoms with Crippen LogP contribution in [0.4, 0.5) is 0 Å². The van der Waals surface area contributed by atoms with Crippen LogP contribution in [0.1, 0.15) is 6.92 Å². The summed E-state index contributed by atoms with van der Waals surface area (Å²) in [6.07, 6.45) is 0. The lowest BCUT2D eigenvalue weighted by Crippen LogP contribution is -2.04. The van der Waals surface area contributed by atoms with E-state index in [1.807, 2.05) is 5.09 Å². The van der Waals surface area contributed by atoms with Gasteiger partial charge >= 0.3 is 8.61 Å². The van der Waals surface area contributed by atoms with Crippen LogP contribution in [0.25, 0.3) is 0 Å². The first-order valence-electron chi connectivity index (χ1n) is 1.41. The van der Waals surface area contributed by atoms with Crippen LogP contribution in [-0.2, 0) is 9.36 Å². The van der Waals surface area contributed by atoms with Crippen molar-refractivity contribution in [1.29, 1.82) is 0 Å². The van der Waals surface area contributed by atoms with E-state index < -0.39 is 8.61 Å². The Labute approximate surface area is 37.0 Å². The van der Waals surface area contributed by atoms with Crippen molar-refractivity contribution in [3.8, 4) is 0 Å². The zero-order valence-corrected chi connectivity index (χ0v) is 4.32. The van der Waals surface area contributed by atoms with Crippen molar-refractivity contribution < 1.29 is 9.36 Å². The molecule has 0 aliphatic heterocycles. The Bertz CT molecular complexity index is 71.9. The number of amides is 1. The van der Waals surface area contributed by atoms with Crippen molar-refractivity contribution >= 4 is 14.5 Å². The molecule has 6 heavy (non-hydrogen) atoms. The molecule has 34 valence electrons. The Hall–Kier alpha value is -0.430. The summed E-state index contributed by atoms with van der Waals surface area (Å²) in [6.45, 7) is 1.31. The molecule has 0 saturated heterocycles. The molecular formula is C2H5NO2P+. The summed E-state index contributed by atoms with van der Waals surface area (Å²) in [7, 11) is -0.711. The number of hydrogen-bond donors (Lipinski definition) is 1. The van der Waals surface area contributed by atoms with Crippen LogP contribution in [0.15, 0.2) is 0 Å². The van der Waals surface area contributed by atoms with Crippen LogP contribution in [0.2, 0.25) is 0 Å². The van der Waals surface area contributed by atoms with Gasteiger partial charge in [0.25, 0.3) is 5.91 Å². The Morgan fingerprint density at radius 3 is 2.33 bits per heavy atom. The number of carbonyl (C=O) groups excluding carboxylic acids is 1. The van der Waals surface area contributed by atoms with Crippen LogP contribution in [0.3, 0.4) is 0 Å². The van der Waals surface area contributed by atoms with Gasteiger partial charge in [0, 0.05) is 6.92 Å². The molecule has 1 amide bonds. The number of carbonyl (C=O) groups is 1. The Morgan fingerprint density at radius 2 is 2.33 bits per heavy atom. The second-order valence-electron chi connectivity index (χ2n) is 0.783. The minimum atomic E-state index is -0.711. The zero-order valence-electron chi connectivity index (χ0n) is 3.32. The highest BCUT2D eigenvalue weighted by atomic mass is 31.1. The van der Waals surface area contributed by atoms with Crippen LogP contribution < -0.4 is 5.09 Å². The Morgan fingerprint density at radius 1 is 1.83 bits per heavy atom. The predicted octanol–water partition coefficient (Wildman–Crippen LogP) is 0.0615. The molecule has 0 fully saturated rings. The minimum absolute atomic E-state index is 0.261. The quantitative estimate of drug-likeness (QED) is 0.480. The molecule has 0 bridgehead atoms. The topological polar surface area (TPSA) is 46.2 Å². The molecule has 0 radical (unpaired) electrons. The van der Waals surface area contributed by atoms with Crippen molar-refractivity contribution in [1.82, 2.24) is 5.09 Å². The van der Waals surface area contributed by atoms with E-state index in [0.717, 1.165) is 0 Å². The highest BCUT2D eigenvalue weighted by Crippen LogP contribution is 1.76. The van der Waals surface area contributed by atoms with Gasteiger partial charge in [-0.25, -0.2) is 0 Å². The van der Waals surface area contributed by atoms with Crippen LogP contribution in [-0.4, -0.2) is 5.91 Å². The van der Waals surface area contributed by atoms with E-state index >= 15 is 0 Å². The van der Waals surface area contributed by atoms with Gasteiger partial charge in [-0.3, -0.25) is 4.79 Å². The molecule has 0 aromatic heterocycles. The second-order valence-corrected chi connectivity index (χ2v) is 1.24. The van der Waals surface area contributed by atoms with E-state index in [1.54, 1.807) is 0 Å². The molecule has 3 nitrogen and oxygen atoms in total. The summed E-state index contributed by atoms with van der Waals surface area (Å²) in [5.74, 6) is -0.261. The third kappa shape index (κ3) is 3.57. The molecule has 4 heteroatoms. The van der Waals surface area contributed by atoms with Gasteiger partial charge in [-0.05, 0) is 4.57 Å². The minimum Gasteiger partial charge on any atom is -0.272 e. The van der Waals surface area contributed by atoms with Gasteiger partial charge in [0.2, 0.25) is 0 Å². The lowest BCUT2D eigenvalue weighted by atomic mass is 10.8. The smallest absolute Gasteiger partial charge is 0.272 e. The van der Waals surface area contributed by atoms with Crippen molar-refractivity contribution in [3.63, 3.8) is 0 Å². The maximum atomic E-state index is 9.74. The molecule has 0 spiro atoms. The average molecular weight is 106 g/mol. The molecule has 0 heterocycles. The molecular weight excluding hydrogens is 101 g/mol. The van der Waals surface area contributed by atoms with E-state index in [0.29, 0.717) is 0 Å². The average Bonchev–Trinajstić information content (AvgIpc) is 1.35. The van der Waals surface area contributed by atoms with E-state index in [1.165, 1.54) is 6.92 Å². The van der Waals surface area contributed by atoms with E-state index in [-0.39, 0.29) is 5.91 Å². The Kier molecular flexibility index (Phi) is 2.59. The molecule has 1 N–H and O–H groups in total. The van der Waals surface area contributed by atoms with Crippen molar-refractivity contribution in [2.45, 2.75) is 6.92 Å². The Balaban J connectivity index is 3.05. The van der Waals surface area contributed by atoms with Gasteiger partial charge < -0.3 is 0 Å². The summed E-state index contributed by atoms with van der Waals surface area (Å²) in [5, 5.41) is 2.04. The van der Waals surface area contributed by atoms with Gasteiger partial charge in [-0.1, -0.05) is 0 Å². The molecule has 0 aromatic carbocycles. The highest BCUT2D eigenvalue weighted by Gasteiger charge is 1.88. The summed E-state index contributed by atoms with van der Waals surface area (Å²) in [4.78, 5) is 9.74. The third-order valence-electron chi connectivity index (χ3n) is 0.227. The fraction of sp³-hybridized carbons (Fsp3) is 0.500. The van der Waals surface area contributed by atoms with E-state index in [4.69, 9.17) is 0 Å². The van der Waals surface area contributed by atoms with Gasteiger partial charge in [-0.15, -0.1) is 5.09 Å². The molecule has 0 aliphatic rings. The molecule has 1 atom stereocenters. The first-order valence-corrected chi connectivity index (χ1v) is 2.32. The van der Waals surface area contributed by atoms with E-state index in [2.05, 4.69) is 0 Å². The summed E-state index contributed by atoms with van der Waals surface area (Å²) in [6, 6.07) is 0. The van der Waals surface area contributed by atoms with Crippen molar-refractivity contribution in [3.05, 3.63) is 0 Å². The number of rotatable bonds is 1. The summed E-state index contributed by atoms with van der Waals surface area (Å²) >= 11 is 0. The second kappa shape index (κ2) is 2.79. The highest BCUT2D eigenvalue weighted by molar-refractivity contribution is 7.22. The largest absolute Gasteiger partial charge is 0.448 e. The SMILES string of the molecule is CC(=O)N[PH+]=O. The van der Waals surface area contributed by atoms with Crippen LogP contribution >= 0.6 is 8.61 Å². The van der Waals surface area contributed by atoms with Gasteiger partial charge in [0.1, 0.15) is 0 Å². The van der Waals surface area contributed by atoms with Gasteiger partial charge in [0.05, 0.1) is 0 Å². The van der Waals surface area contributed by atoms with Crippen LogP contribution in [0, 0.1) is 0 Å². The molecule has 0 aromatic rings. The summed E-state index contributed by atoms with van der Waals surface area (Å²) in [5.41, 5.74) is 0. The maximum absolute atomic E-state index is 9.74. The summed E-state index contributed by atoms with van der Waals surface area (Å²) < 4.78 is 9.44.